The van der Waals surface area contributed by atoms with Gasteiger partial charge in [-0.15, -0.1) is 0 Å². The van der Waals surface area contributed by atoms with Crippen LogP contribution in [0.15, 0.2) is 48.5 Å². The van der Waals surface area contributed by atoms with Crippen LogP contribution in [0.5, 0.6) is 5.75 Å². The van der Waals surface area contributed by atoms with Crippen LogP contribution in [0.3, 0.4) is 0 Å². The van der Waals surface area contributed by atoms with E-state index in [0.29, 0.717) is 6.42 Å². The molecule has 1 fully saturated rings. The van der Waals surface area contributed by atoms with E-state index in [2.05, 4.69) is 6.07 Å². The van der Waals surface area contributed by atoms with Gasteiger partial charge in [0.25, 0.3) is 0 Å². The number of hydrogen-bond acceptors (Lipinski definition) is 3. The van der Waals surface area contributed by atoms with Gasteiger partial charge in [0.2, 0.25) is 5.91 Å². The molecule has 2 aromatic rings. The largest absolute Gasteiger partial charge is 0.496 e. The third-order valence-electron chi connectivity index (χ3n) is 4.68. The fraction of sp³-hybridized carbons (Fsp3) is 0.350. The maximum Gasteiger partial charge on any atom is 0.227 e. The van der Waals surface area contributed by atoms with Crippen molar-refractivity contribution in [1.29, 1.82) is 0 Å². The smallest absolute Gasteiger partial charge is 0.227 e. The molecule has 3 rings (SSSR count). The summed E-state index contributed by atoms with van der Waals surface area (Å²) in [6.07, 6.45) is 3.39. The molecule has 0 radical (unpaired) electrons. The maximum atomic E-state index is 12.7. The molecular formula is C20H24N2O2. The number of para-hydroxylation sites is 1. The number of nitrogens with zero attached hydrogens (tertiary/aromatic N) is 1. The molecule has 0 bridgehead atoms. The number of carbonyl (C=O) groups is 1. The average Bonchev–Trinajstić information content (AvgIpc) is 3.06. The molecule has 1 aliphatic heterocycles. The number of hydrogen-bond donors (Lipinski definition) is 1. The Bertz CT molecular complexity index is 697. The summed E-state index contributed by atoms with van der Waals surface area (Å²) in [6.45, 7) is 0.841. The van der Waals surface area contributed by atoms with Crippen LogP contribution >= 0.6 is 0 Å². The van der Waals surface area contributed by atoms with E-state index in [-0.39, 0.29) is 11.9 Å². The first-order chi connectivity index (χ1) is 11.7. The molecule has 1 heterocycles. The normalized spacial score (nSPS) is 17.0. The van der Waals surface area contributed by atoms with Gasteiger partial charge in [0.05, 0.1) is 13.5 Å². The summed E-state index contributed by atoms with van der Waals surface area (Å²) in [5.41, 5.74) is 8.61. The zero-order valence-corrected chi connectivity index (χ0v) is 14.1. The first-order valence-corrected chi connectivity index (χ1v) is 8.43. The van der Waals surface area contributed by atoms with Gasteiger partial charge in [-0.25, -0.2) is 0 Å². The van der Waals surface area contributed by atoms with Crippen molar-refractivity contribution in [2.24, 2.45) is 0 Å². The molecule has 126 valence electrons. The minimum absolute atomic E-state index is 0.192. The molecule has 0 spiro atoms. The molecule has 0 aliphatic carbocycles. The van der Waals surface area contributed by atoms with Gasteiger partial charge in [0.1, 0.15) is 5.75 Å². The van der Waals surface area contributed by atoms with E-state index in [9.17, 15) is 4.79 Å². The first kappa shape index (κ1) is 16.4. The molecule has 1 aliphatic rings. The molecule has 2 N–H and O–H groups in total. The number of anilines is 1. The fourth-order valence-electron chi connectivity index (χ4n) is 3.41. The number of nitrogens with two attached hydrogens (primary N) is 1. The SMILES string of the molecule is COc1ccccc1C[C@@H]1CCCN1C(=O)Cc1ccc(N)cc1. The maximum absolute atomic E-state index is 12.7. The summed E-state index contributed by atoms with van der Waals surface area (Å²) in [5.74, 6) is 1.09. The molecule has 2 aromatic carbocycles. The van der Waals surface area contributed by atoms with Crippen LogP contribution in [0.25, 0.3) is 0 Å². The van der Waals surface area contributed by atoms with E-state index in [1.54, 1.807) is 7.11 Å². The highest BCUT2D eigenvalue weighted by atomic mass is 16.5. The zero-order valence-electron chi connectivity index (χ0n) is 14.1. The van der Waals surface area contributed by atoms with Crippen molar-refractivity contribution in [1.82, 2.24) is 4.90 Å². The van der Waals surface area contributed by atoms with Crippen molar-refractivity contribution in [2.75, 3.05) is 19.4 Å². The number of likely N-dealkylation sites (tertiary alicyclic amines) is 1. The fourth-order valence-corrected chi connectivity index (χ4v) is 3.41. The Kier molecular flexibility index (Phi) is 5.04. The number of methoxy groups -OCH3 is 1. The highest BCUT2D eigenvalue weighted by molar-refractivity contribution is 5.79. The second kappa shape index (κ2) is 7.39. The third kappa shape index (κ3) is 3.70. The average molecular weight is 324 g/mol. The van der Waals surface area contributed by atoms with Crippen LogP contribution in [-0.2, 0) is 17.6 Å². The topological polar surface area (TPSA) is 55.6 Å². The molecule has 0 unspecified atom stereocenters. The Balaban J connectivity index is 1.68. The van der Waals surface area contributed by atoms with Gasteiger partial charge >= 0.3 is 0 Å². The molecule has 0 aromatic heterocycles. The van der Waals surface area contributed by atoms with Crippen molar-refractivity contribution < 1.29 is 9.53 Å². The number of ether oxygens (including phenoxy) is 1. The van der Waals surface area contributed by atoms with Crippen LogP contribution in [-0.4, -0.2) is 30.5 Å². The molecule has 24 heavy (non-hydrogen) atoms. The zero-order chi connectivity index (χ0) is 16.9. The Labute approximate surface area is 143 Å². The summed E-state index contributed by atoms with van der Waals surface area (Å²) in [6, 6.07) is 15.9. The van der Waals surface area contributed by atoms with Crippen molar-refractivity contribution in [3.05, 3.63) is 59.7 Å². The molecule has 4 nitrogen and oxygen atoms in total. The van der Waals surface area contributed by atoms with Gasteiger partial charge < -0.3 is 15.4 Å². The molecule has 1 amide bonds. The van der Waals surface area contributed by atoms with Gasteiger partial charge in [-0.05, 0) is 48.6 Å². The minimum Gasteiger partial charge on any atom is -0.496 e. The summed E-state index contributed by atoms with van der Waals surface area (Å²) in [4.78, 5) is 14.7. The molecule has 4 heteroatoms. The van der Waals surface area contributed by atoms with E-state index in [1.807, 2.05) is 47.4 Å². The Morgan fingerprint density at radius 3 is 2.71 bits per heavy atom. The standard InChI is InChI=1S/C20H24N2O2/c1-24-19-7-3-2-5-16(19)14-18-6-4-12-22(18)20(23)13-15-8-10-17(21)11-9-15/h2-3,5,7-11,18H,4,6,12-14,21H2,1H3/t18-/m0/s1. The van der Waals surface area contributed by atoms with E-state index >= 15 is 0 Å². The number of nitrogen functional groups attached to an aromatic ring is 1. The molecule has 0 saturated carbocycles. The van der Waals surface area contributed by atoms with E-state index < -0.39 is 0 Å². The van der Waals surface area contributed by atoms with Crippen molar-refractivity contribution in [2.45, 2.75) is 31.7 Å². The Morgan fingerprint density at radius 2 is 1.96 bits per heavy atom. The van der Waals surface area contributed by atoms with Gasteiger partial charge in [-0.2, -0.15) is 0 Å². The van der Waals surface area contributed by atoms with Gasteiger partial charge in [-0.3, -0.25) is 4.79 Å². The van der Waals surface area contributed by atoms with Crippen LogP contribution in [0, 0.1) is 0 Å². The quantitative estimate of drug-likeness (QED) is 0.860. The summed E-state index contributed by atoms with van der Waals surface area (Å²) in [5, 5.41) is 0. The summed E-state index contributed by atoms with van der Waals surface area (Å²) in [7, 11) is 1.69. The van der Waals surface area contributed by atoms with Crippen LogP contribution in [0.2, 0.25) is 0 Å². The number of benzene rings is 2. The second-order valence-electron chi connectivity index (χ2n) is 6.32. The molecular weight excluding hydrogens is 300 g/mol. The molecule has 1 saturated heterocycles. The van der Waals surface area contributed by atoms with Gasteiger partial charge in [-0.1, -0.05) is 30.3 Å². The third-order valence-corrected chi connectivity index (χ3v) is 4.68. The monoisotopic (exact) mass is 324 g/mol. The second-order valence-corrected chi connectivity index (χ2v) is 6.32. The van der Waals surface area contributed by atoms with Crippen LogP contribution in [0.4, 0.5) is 5.69 Å². The van der Waals surface area contributed by atoms with Gasteiger partial charge in [0, 0.05) is 18.3 Å². The summed E-state index contributed by atoms with van der Waals surface area (Å²) >= 11 is 0. The predicted octanol–water partition coefficient (Wildman–Crippen LogP) is 3.05. The Hall–Kier alpha value is -2.49. The molecule has 1 atom stereocenters. The van der Waals surface area contributed by atoms with Gasteiger partial charge in [0.15, 0.2) is 0 Å². The highest BCUT2D eigenvalue weighted by Crippen LogP contribution is 2.26. The first-order valence-electron chi connectivity index (χ1n) is 8.43. The number of amides is 1. The van der Waals surface area contributed by atoms with Crippen LogP contribution < -0.4 is 10.5 Å². The lowest BCUT2D eigenvalue weighted by Crippen LogP contribution is -2.37. The van der Waals surface area contributed by atoms with Crippen molar-refractivity contribution in [3.8, 4) is 5.75 Å². The minimum atomic E-state index is 0.192. The van der Waals surface area contributed by atoms with E-state index in [0.717, 1.165) is 48.4 Å². The summed E-state index contributed by atoms with van der Waals surface area (Å²) < 4.78 is 5.44. The van der Waals surface area contributed by atoms with Crippen LogP contribution in [0.1, 0.15) is 24.0 Å². The lowest BCUT2D eigenvalue weighted by atomic mass is 10.0. The van der Waals surface area contributed by atoms with E-state index in [4.69, 9.17) is 10.5 Å². The number of rotatable bonds is 5. The van der Waals surface area contributed by atoms with Crippen molar-refractivity contribution >= 4 is 11.6 Å². The lowest BCUT2D eigenvalue weighted by Gasteiger charge is -2.25. The lowest BCUT2D eigenvalue weighted by molar-refractivity contribution is -0.131. The highest BCUT2D eigenvalue weighted by Gasteiger charge is 2.29. The van der Waals surface area contributed by atoms with Crippen molar-refractivity contribution in [3.63, 3.8) is 0 Å². The van der Waals surface area contributed by atoms with E-state index in [1.165, 1.54) is 0 Å². The number of carbonyl (C=O) groups excluding carboxylic acids is 1. The Morgan fingerprint density at radius 1 is 1.21 bits per heavy atom. The predicted molar refractivity (Wildman–Crippen MR) is 96.0 cm³/mol.